The fourth-order valence-electron chi connectivity index (χ4n) is 1.61. The van der Waals surface area contributed by atoms with Gasteiger partial charge in [0.1, 0.15) is 5.75 Å². The minimum absolute atomic E-state index is 0.273. The second-order valence-corrected chi connectivity index (χ2v) is 6.49. The van der Waals surface area contributed by atoms with Gasteiger partial charge in [0, 0.05) is 13.8 Å². The van der Waals surface area contributed by atoms with Crippen LogP contribution in [0.3, 0.4) is 0 Å². The number of amidine groups is 1. The van der Waals surface area contributed by atoms with Gasteiger partial charge in [0.15, 0.2) is 5.17 Å². The summed E-state index contributed by atoms with van der Waals surface area (Å²) >= 11 is 3.15. The van der Waals surface area contributed by atoms with Crippen molar-refractivity contribution in [1.82, 2.24) is 5.32 Å². The maximum atomic E-state index is 11.8. The monoisotopic (exact) mass is 430 g/mol. The lowest BCUT2D eigenvalue weighted by atomic mass is 10.2. The Balaban J connectivity index is 2.17. The molecule has 0 atom stereocenters. The topological polar surface area (TPSA) is 84.8 Å². The Bertz CT molecular complexity index is 728. The van der Waals surface area contributed by atoms with E-state index in [4.69, 9.17) is 4.74 Å². The van der Waals surface area contributed by atoms with E-state index >= 15 is 0 Å². The molecule has 8 heteroatoms. The van der Waals surface area contributed by atoms with Gasteiger partial charge in [-0.3, -0.25) is 14.4 Å². The van der Waals surface area contributed by atoms with Crippen molar-refractivity contribution in [3.8, 4) is 5.75 Å². The molecule has 2 rings (SSSR count). The highest BCUT2D eigenvalue weighted by molar-refractivity contribution is 14.1. The van der Waals surface area contributed by atoms with E-state index in [0.29, 0.717) is 10.7 Å². The number of esters is 1. The fourth-order valence-corrected chi connectivity index (χ4v) is 3.12. The van der Waals surface area contributed by atoms with Crippen molar-refractivity contribution < 1.29 is 19.1 Å². The number of rotatable bonds is 2. The molecule has 2 amide bonds. The lowest BCUT2D eigenvalue weighted by Gasteiger charge is -2.05. The van der Waals surface area contributed by atoms with Crippen molar-refractivity contribution in [1.29, 1.82) is 0 Å². The Morgan fingerprint density at radius 1 is 1.36 bits per heavy atom. The van der Waals surface area contributed by atoms with Gasteiger partial charge in [0.2, 0.25) is 5.91 Å². The molecule has 1 aliphatic heterocycles. The molecule has 22 heavy (non-hydrogen) atoms. The van der Waals surface area contributed by atoms with Gasteiger partial charge in [-0.05, 0) is 58.1 Å². The number of hydrogen-bond acceptors (Lipinski definition) is 5. The number of nitrogens with zero attached hydrogens (tertiary/aromatic N) is 1. The fraction of sp³-hybridized carbons (Fsp3) is 0.143. The lowest BCUT2D eigenvalue weighted by molar-refractivity contribution is -0.132. The molecule has 1 N–H and O–H groups in total. The molecule has 0 radical (unpaired) electrons. The number of amides is 2. The molecular weight excluding hydrogens is 419 g/mol. The van der Waals surface area contributed by atoms with E-state index in [1.165, 1.54) is 13.8 Å². The van der Waals surface area contributed by atoms with Crippen LogP contribution in [0, 0.1) is 3.57 Å². The summed E-state index contributed by atoms with van der Waals surface area (Å²) in [5, 5.41) is 2.76. The zero-order valence-corrected chi connectivity index (χ0v) is 14.6. The molecule has 1 aromatic carbocycles. The van der Waals surface area contributed by atoms with Crippen LogP contribution >= 0.6 is 34.4 Å². The summed E-state index contributed by atoms with van der Waals surface area (Å²) in [6.07, 6.45) is 1.67. The van der Waals surface area contributed by atoms with Gasteiger partial charge < -0.3 is 10.1 Å². The summed E-state index contributed by atoms with van der Waals surface area (Å²) in [4.78, 5) is 37.9. The van der Waals surface area contributed by atoms with E-state index in [0.717, 1.165) is 20.9 Å². The van der Waals surface area contributed by atoms with Crippen molar-refractivity contribution in [2.24, 2.45) is 4.99 Å². The third-order valence-corrected chi connectivity index (χ3v) is 4.15. The van der Waals surface area contributed by atoms with E-state index in [1.807, 2.05) is 22.6 Å². The smallest absolute Gasteiger partial charge is 0.308 e. The van der Waals surface area contributed by atoms with Gasteiger partial charge in [0.25, 0.3) is 5.91 Å². The number of thioether (sulfide) groups is 1. The molecule has 1 aliphatic rings. The number of hydrogen-bond donors (Lipinski definition) is 1. The maximum absolute atomic E-state index is 11.8. The Labute approximate surface area is 144 Å². The van der Waals surface area contributed by atoms with Crippen LogP contribution in [0.1, 0.15) is 19.4 Å². The molecule has 0 fully saturated rings. The maximum Gasteiger partial charge on any atom is 0.308 e. The van der Waals surface area contributed by atoms with Gasteiger partial charge in [-0.1, -0.05) is 6.07 Å². The number of nitrogens with one attached hydrogen (secondary N) is 1. The Hall–Kier alpha value is -1.68. The van der Waals surface area contributed by atoms with E-state index in [1.54, 1.807) is 24.3 Å². The number of halogens is 1. The molecule has 1 heterocycles. The molecule has 6 nitrogen and oxygen atoms in total. The first kappa shape index (κ1) is 16.7. The van der Waals surface area contributed by atoms with Gasteiger partial charge in [-0.15, -0.1) is 0 Å². The summed E-state index contributed by atoms with van der Waals surface area (Å²) in [5.74, 6) is -0.594. The molecule has 114 valence electrons. The van der Waals surface area contributed by atoms with Crippen LogP contribution in [0.4, 0.5) is 0 Å². The highest BCUT2D eigenvalue weighted by Gasteiger charge is 2.22. The standard InChI is InChI=1S/C14H11IN2O4S/c1-7(18)16-14-17-13(20)12(22-14)6-9-3-4-11(10(15)5-9)21-8(2)19/h3-6H,1-2H3,(H,16,17,18,20)/b12-6+. The first-order valence-corrected chi connectivity index (χ1v) is 8.03. The predicted octanol–water partition coefficient (Wildman–Crippen LogP) is 2.32. The quantitative estimate of drug-likeness (QED) is 0.337. The van der Waals surface area contributed by atoms with E-state index in [-0.39, 0.29) is 17.0 Å². The minimum atomic E-state index is -0.396. The van der Waals surface area contributed by atoms with Crippen molar-refractivity contribution in [3.05, 3.63) is 32.2 Å². The van der Waals surface area contributed by atoms with Gasteiger partial charge in [-0.25, -0.2) is 0 Å². The van der Waals surface area contributed by atoms with Crippen molar-refractivity contribution >= 4 is 63.4 Å². The normalized spacial score (nSPS) is 15.7. The van der Waals surface area contributed by atoms with E-state index in [2.05, 4.69) is 10.3 Å². The number of benzene rings is 1. The first-order chi connectivity index (χ1) is 10.3. The number of carbonyl (C=O) groups excluding carboxylic acids is 3. The highest BCUT2D eigenvalue weighted by atomic mass is 127. The van der Waals surface area contributed by atoms with Crippen LogP contribution in [0.2, 0.25) is 0 Å². The van der Waals surface area contributed by atoms with Gasteiger partial charge >= 0.3 is 5.97 Å². The van der Waals surface area contributed by atoms with Gasteiger partial charge in [0.05, 0.1) is 8.48 Å². The summed E-state index contributed by atoms with van der Waals surface area (Å²) in [7, 11) is 0. The molecule has 0 spiro atoms. The zero-order valence-electron chi connectivity index (χ0n) is 11.7. The van der Waals surface area contributed by atoms with Crippen molar-refractivity contribution in [2.75, 3.05) is 0 Å². The molecule has 1 aromatic rings. The molecule has 0 saturated heterocycles. The SMILES string of the molecule is CC(=O)NC1=NC(=O)/C(=C\c2ccc(OC(C)=O)c(I)c2)S1. The lowest BCUT2D eigenvalue weighted by Crippen LogP contribution is -2.23. The molecule has 0 bridgehead atoms. The van der Waals surface area contributed by atoms with Crippen LogP contribution in [0.15, 0.2) is 28.1 Å². The van der Waals surface area contributed by atoms with Crippen LogP contribution in [-0.2, 0) is 14.4 Å². The van der Waals surface area contributed by atoms with E-state index < -0.39 is 5.91 Å². The van der Waals surface area contributed by atoms with Crippen LogP contribution in [-0.4, -0.2) is 23.0 Å². The average Bonchev–Trinajstić information content (AvgIpc) is 2.71. The number of aliphatic imine (C=N–C) groups is 1. The minimum Gasteiger partial charge on any atom is -0.426 e. The molecule has 0 unspecified atom stereocenters. The third-order valence-electron chi connectivity index (χ3n) is 2.41. The van der Waals surface area contributed by atoms with Crippen LogP contribution in [0.25, 0.3) is 6.08 Å². The largest absolute Gasteiger partial charge is 0.426 e. The summed E-state index contributed by atoms with van der Waals surface area (Å²) < 4.78 is 5.79. The molecular formula is C14H11IN2O4S. The number of ether oxygens (including phenoxy) is 1. The summed E-state index contributed by atoms with van der Waals surface area (Å²) in [6.45, 7) is 2.69. The highest BCUT2D eigenvalue weighted by Crippen LogP contribution is 2.29. The summed E-state index contributed by atoms with van der Waals surface area (Å²) in [5.41, 5.74) is 0.774. The predicted molar refractivity (Wildman–Crippen MR) is 92.3 cm³/mol. The third kappa shape index (κ3) is 4.41. The Kier molecular flexibility index (Phi) is 5.35. The second kappa shape index (κ2) is 7.05. The van der Waals surface area contributed by atoms with E-state index in [9.17, 15) is 14.4 Å². The first-order valence-electron chi connectivity index (χ1n) is 6.13. The van der Waals surface area contributed by atoms with Gasteiger partial charge in [-0.2, -0.15) is 4.99 Å². The molecule has 0 aliphatic carbocycles. The Morgan fingerprint density at radius 3 is 2.68 bits per heavy atom. The van der Waals surface area contributed by atoms with Crippen molar-refractivity contribution in [2.45, 2.75) is 13.8 Å². The molecule has 0 saturated carbocycles. The second-order valence-electron chi connectivity index (χ2n) is 4.30. The van der Waals surface area contributed by atoms with Crippen molar-refractivity contribution in [3.63, 3.8) is 0 Å². The summed E-state index contributed by atoms with van der Waals surface area (Å²) in [6, 6.07) is 5.18. The average molecular weight is 430 g/mol. The van der Waals surface area contributed by atoms with Crippen LogP contribution < -0.4 is 10.1 Å². The molecule has 0 aromatic heterocycles. The number of carbonyl (C=O) groups is 3. The zero-order chi connectivity index (χ0) is 16.3. The van der Waals surface area contributed by atoms with Crippen LogP contribution in [0.5, 0.6) is 5.75 Å². The Morgan fingerprint density at radius 2 is 2.09 bits per heavy atom.